The molecule has 1 heterocycles. The van der Waals surface area contributed by atoms with Crippen LogP contribution in [-0.2, 0) is 4.74 Å². The normalized spacial score (nSPS) is 33.5. The third-order valence-electron chi connectivity index (χ3n) is 1.99. The number of ether oxygens (including phenoxy) is 1. The van der Waals surface area contributed by atoms with Crippen LogP contribution in [0, 0.1) is 0 Å². The van der Waals surface area contributed by atoms with Crippen molar-refractivity contribution in [2.24, 2.45) is 0 Å². The van der Waals surface area contributed by atoms with Gasteiger partial charge in [-0.15, -0.1) is 0 Å². The van der Waals surface area contributed by atoms with Crippen molar-refractivity contribution in [1.29, 1.82) is 0 Å². The van der Waals surface area contributed by atoms with Crippen molar-refractivity contribution in [2.45, 2.75) is 45.4 Å². The molecule has 1 unspecified atom stereocenters. The molecule has 0 bridgehead atoms. The van der Waals surface area contributed by atoms with Gasteiger partial charge in [-0.25, -0.2) is 0 Å². The molecule has 1 aliphatic rings. The molecule has 0 saturated carbocycles. The van der Waals surface area contributed by atoms with E-state index < -0.39 is 0 Å². The molecule has 3 atom stereocenters. The quantitative estimate of drug-likeness (QED) is 0.563. The predicted octanol–water partition coefficient (Wildman–Crippen LogP) is 1.50. The van der Waals surface area contributed by atoms with Gasteiger partial charge >= 0.3 is 0 Å². The summed E-state index contributed by atoms with van der Waals surface area (Å²) in [6.45, 7) is 9.65. The van der Waals surface area contributed by atoms with Crippen molar-refractivity contribution in [2.75, 3.05) is 13.6 Å². The van der Waals surface area contributed by atoms with E-state index in [1.54, 1.807) is 0 Å². The van der Waals surface area contributed by atoms with Crippen molar-refractivity contribution in [3.8, 4) is 0 Å². The van der Waals surface area contributed by atoms with E-state index in [2.05, 4.69) is 39.6 Å². The second-order valence-corrected chi connectivity index (χ2v) is 4.44. The molecule has 0 aromatic carbocycles. The van der Waals surface area contributed by atoms with Gasteiger partial charge in [0.25, 0.3) is 0 Å². The van der Waals surface area contributed by atoms with Gasteiger partial charge in [0.05, 0.1) is 11.7 Å². The first-order valence-corrected chi connectivity index (χ1v) is 4.28. The van der Waals surface area contributed by atoms with Crippen molar-refractivity contribution in [3.05, 3.63) is 0 Å². The Bertz CT molecular complexity index is 139. The summed E-state index contributed by atoms with van der Waals surface area (Å²) in [4.78, 5) is 2.30. The molecule has 0 amide bonds. The Balaban J connectivity index is 2.27. The number of hydrogen-bond acceptors (Lipinski definition) is 2. The number of nitrogens with zero attached hydrogens (tertiary/aromatic N) is 1. The summed E-state index contributed by atoms with van der Waals surface area (Å²) in [6, 6.07) is 0.661. The highest BCUT2D eigenvalue weighted by Crippen LogP contribution is 2.23. The monoisotopic (exact) mass is 157 g/mol. The van der Waals surface area contributed by atoms with Crippen LogP contribution in [0.15, 0.2) is 0 Å². The molecule has 1 aliphatic heterocycles. The van der Waals surface area contributed by atoms with Crippen molar-refractivity contribution in [3.63, 3.8) is 0 Å². The van der Waals surface area contributed by atoms with E-state index in [0.29, 0.717) is 12.1 Å². The Labute approximate surface area is 69.5 Å². The molecular formula is C9H19NO. The van der Waals surface area contributed by atoms with Gasteiger partial charge < -0.3 is 4.74 Å². The fraction of sp³-hybridized carbons (Fsp3) is 1.00. The van der Waals surface area contributed by atoms with Crippen LogP contribution in [0.4, 0.5) is 0 Å². The molecule has 2 nitrogen and oxygen atoms in total. The molecule has 1 fully saturated rings. The van der Waals surface area contributed by atoms with E-state index in [4.69, 9.17) is 4.74 Å². The van der Waals surface area contributed by atoms with E-state index in [1.807, 2.05) is 0 Å². The molecule has 0 aromatic rings. The average Bonchev–Trinajstić information content (AvgIpc) is 2.41. The highest BCUT2D eigenvalue weighted by Gasteiger charge is 2.37. The minimum atomic E-state index is 0.00282. The molecule has 1 rings (SSSR count). The van der Waals surface area contributed by atoms with Crippen LogP contribution < -0.4 is 0 Å². The van der Waals surface area contributed by atoms with Gasteiger partial charge in [0.2, 0.25) is 0 Å². The first-order chi connectivity index (χ1) is 4.90. The lowest BCUT2D eigenvalue weighted by atomic mass is 10.1. The van der Waals surface area contributed by atoms with Gasteiger partial charge in [-0.1, -0.05) is 0 Å². The van der Waals surface area contributed by atoms with Crippen LogP contribution in [0.2, 0.25) is 0 Å². The molecule has 0 radical (unpaired) electrons. The smallest absolute Gasteiger partial charge is 0.0721 e. The van der Waals surface area contributed by atoms with Gasteiger partial charge in [0, 0.05) is 12.6 Å². The number of likely N-dealkylation sites (N-methyl/N-ethyl adjacent to an activating group) is 1. The maximum absolute atomic E-state index is 5.79. The Kier molecular flexibility index (Phi) is 2.26. The maximum atomic E-state index is 5.79. The second-order valence-electron chi connectivity index (χ2n) is 4.44. The van der Waals surface area contributed by atoms with E-state index >= 15 is 0 Å². The minimum Gasteiger partial charge on any atom is -0.371 e. The van der Waals surface area contributed by atoms with Crippen LogP contribution in [0.5, 0.6) is 0 Å². The largest absolute Gasteiger partial charge is 0.371 e. The Morgan fingerprint density at radius 1 is 1.45 bits per heavy atom. The van der Waals surface area contributed by atoms with Crippen molar-refractivity contribution in [1.82, 2.24) is 4.90 Å². The summed E-state index contributed by atoms with van der Waals surface area (Å²) >= 11 is 0. The summed E-state index contributed by atoms with van der Waals surface area (Å²) in [7, 11) is 2.13. The summed E-state index contributed by atoms with van der Waals surface area (Å²) in [5.41, 5.74) is 0.00282. The zero-order chi connectivity index (χ0) is 8.65. The first kappa shape index (κ1) is 9.01. The standard InChI is InChI=1S/C9H19NO/c1-7(8-6-10(8)5)11-9(2,3)4/h7-8H,6H2,1-5H3/t7-,8-,10?/m0/s1. The number of hydrogen-bond donors (Lipinski definition) is 0. The molecule has 0 spiro atoms. The summed E-state index contributed by atoms with van der Waals surface area (Å²) in [5.74, 6) is 0. The van der Waals surface area contributed by atoms with Gasteiger partial charge in [-0.3, -0.25) is 4.90 Å². The Hall–Kier alpha value is -0.0800. The van der Waals surface area contributed by atoms with Gasteiger partial charge in [0.15, 0.2) is 0 Å². The highest BCUT2D eigenvalue weighted by molar-refractivity contribution is 4.91. The zero-order valence-electron chi connectivity index (χ0n) is 8.22. The zero-order valence-corrected chi connectivity index (χ0v) is 8.22. The summed E-state index contributed by atoms with van der Waals surface area (Å²) < 4.78 is 5.79. The van der Waals surface area contributed by atoms with Crippen LogP contribution in [0.25, 0.3) is 0 Å². The van der Waals surface area contributed by atoms with Crippen LogP contribution in [0.3, 0.4) is 0 Å². The topological polar surface area (TPSA) is 12.2 Å². The third-order valence-corrected chi connectivity index (χ3v) is 1.99. The lowest BCUT2D eigenvalue weighted by Crippen LogP contribution is -2.29. The molecule has 11 heavy (non-hydrogen) atoms. The average molecular weight is 157 g/mol. The fourth-order valence-corrected chi connectivity index (χ4v) is 1.39. The van der Waals surface area contributed by atoms with E-state index in [0.717, 1.165) is 0 Å². The van der Waals surface area contributed by atoms with E-state index in [-0.39, 0.29) is 5.60 Å². The highest BCUT2D eigenvalue weighted by atomic mass is 16.5. The SMILES string of the molecule is C[C@H](OC(C)(C)C)[C@@H]1CN1C. The summed E-state index contributed by atoms with van der Waals surface area (Å²) in [5, 5.41) is 0. The third kappa shape index (κ3) is 2.80. The summed E-state index contributed by atoms with van der Waals surface area (Å²) in [6.07, 6.45) is 0.375. The maximum Gasteiger partial charge on any atom is 0.0721 e. The van der Waals surface area contributed by atoms with Crippen LogP contribution >= 0.6 is 0 Å². The lowest BCUT2D eigenvalue weighted by Gasteiger charge is -2.24. The minimum absolute atomic E-state index is 0.00282. The van der Waals surface area contributed by atoms with Crippen molar-refractivity contribution < 1.29 is 4.74 Å². The number of rotatable bonds is 2. The fourth-order valence-electron chi connectivity index (χ4n) is 1.39. The van der Waals surface area contributed by atoms with Gasteiger partial charge in [-0.05, 0) is 34.7 Å². The molecule has 66 valence electrons. The lowest BCUT2D eigenvalue weighted by molar-refractivity contribution is -0.0549. The van der Waals surface area contributed by atoms with Gasteiger partial charge in [0.1, 0.15) is 0 Å². The molecule has 1 saturated heterocycles. The second kappa shape index (κ2) is 2.76. The molecule has 0 aliphatic carbocycles. The first-order valence-electron chi connectivity index (χ1n) is 4.28. The van der Waals surface area contributed by atoms with Crippen molar-refractivity contribution >= 4 is 0 Å². The predicted molar refractivity (Wildman–Crippen MR) is 46.7 cm³/mol. The Morgan fingerprint density at radius 3 is 2.18 bits per heavy atom. The van der Waals surface area contributed by atoms with Crippen LogP contribution in [0.1, 0.15) is 27.7 Å². The Morgan fingerprint density at radius 2 is 1.91 bits per heavy atom. The van der Waals surface area contributed by atoms with Crippen LogP contribution in [-0.4, -0.2) is 36.2 Å². The molecule has 2 heteroatoms. The molecular weight excluding hydrogens is 138 g/mol. The molecule has 0 N–H and O–H groups in total. The molecule has 0 aromatic heterocycles. The van der Waals surface area contributed by atoms with E-state index in [9.17, 15) is 0 Å². The van der Waals surface area contributed by atoms with Gasteiger partial charge in [-0.2, -0.15) is 0 Å². The van der Waals surface area contributed by atoms with E-state index in [1.165, 1.54) is 6.54 Å².